The Kier molecular flexibility index (Phi) is 5.39. The molecule has 22 heavy (non-hydrogen) atoms. The number of hydrogen-bond acceptors (Lipinski definition) is 4. The number of halogens is 1. The van der Waals surface area contributed by atoms with Crippen LogP contribution < -0.4 is 10.8 Å². The second-order valence-electron chi connectivity index (χ2n) is 5.57. The molecule has 0 bridgehead atoms. The van der Waals surface area contributed by atoms with E-state index in [9.17, 15) is 9.59 Å². The fourth-order valence-corrected chi connectivity index (χ4v) is 3.21. The van der Waals surface area contributed by atoms with Crippen molar-refractivity contribution in [2.75, 3.05) is 6.54 Å². The van der Waals surface area contributed by atoms with E-state index in [4.69, 9.17) is 5.21 Å². The molecular formula is C15H20ClN3O3. The molecule has 120 valence electrons. The van der Waals surface area contributed by atoms with Crippen LogP contribution in [0.4, 0.5) is 0 Å². The molecule has 2 aliphatic rings. The first-order valence-corrected chi connectivity index (χ1v) is 7.25. The number of rotatable bonds is 2. The minimum absolute atomic E-state index is 0. The van der Waals surface area contributed by atoms with Crippen LogP contribution in [-0.4, -0.2) is 40.5 Å². The van der Waals surface area contributed by atoms with Crippen molar-refractivity contribution < 1.29 is 14.8 Å². The third kappa shape index (κ3) is 3.09. The summed E-state index contributed by atoms with van der Waals surface area (Å²) in [6, 6.07) is 7.21. The van der Waals surface area contributed by atoms with E-state index in [-0.39, 0.29) is 24.4 Å². The van der Waals surface area contributed by atoms with Crippen molar-refractivity contribution in [3.63, 3.8) is 0 Å². The molecule has 1 aromatic rings. The number of likely N-dealkylation sites (tertiary alicyclic amines) is 1. The Bertz CT molecular complexity index is 567. The average Bonchev–Trinajstić information content (AvgIpc) is 3.02. The number of nitrogens with one attached hydrogen (secondary N) is 2. The number of carbonyl (C=O) groups excluding carboxylic acids is 2. The molecule has 0 aliphatic carbocycles. The zero-order chi connectivity index (χ0) is 14.8. The van der Waals surface area contributed by atoms with E-state index in [1.807, 2.05) is 18.2 Å². The van der Waals surface area contributed by atoms with Gasteiger partial charge in [0.05, 0.1) is 6.04 Å². The van der Waals surface area contributed by atoms with Crippen LogP contribution in [0, 0.1) is 0 Å². The molecule has 0 radical (unpaired) electrons. The van der Waals surface area contributed by atoms with Crippen LogP contribution in [0.5, 0.6) is 0 Å². The molecule has 2 atom stereocenters. The molecule has 1 fully saturated rings. The van der Waals surface area contributed by atoms with Crippen molar-refractivity contribution in [3.8, 4) is 0 Å². The van der Waals surface area contributed by atoms with Crippen LogP contribution in [0.15, 0.2) is 24.3 Å². The van der Waals surface area contributed by atoms with Gasteiger partial charge in [-0.1, -0.05) is 24.3 Å². The number of hydrogen-bond donors (Lipinski definition) is 3. The zero-order valence-corrected chi connectivity index (χ0v) is 12.9. The van der Waals surface area contributed by atoms with E-state index in [0.29, 0.717) is 25.9 Å². The highest BCUT2D eigenvalue weighted by Gasteiger charge is 2.37. The molecule has 0 saturated carbocycles. The average molecular weight is 326 g/mol. The number of nitrogens with zero attached hydrogens (tertiary/aromatic N) is 1. The highest BCUT2D eigenvalue weighted by atomic mass is 35.5. The SMILES string of the molecule is Cl.O=C(NO)[C@@H]1CCCN1C(=O)[C@@H]1Cc2ccccc2CN1. The molecule has 2 aliphatic heterocycles. The summed E-state index contributed by atoms with van der Waals surface area (Å²) in [7, 11) is 0. The van der Waals surface area contributed by atoms with Gasteiger partial charge in [0.25, 0.3) is 5.91 Å². The van der Waals surface area contributed by atoms with Gasteiger partial charge in [-0.2, -0.15) is 0 Å². The lowest BCUT2D eigenvalue weighted by Gasteiger charge is -2.31. The monoisotopic (exact) mass is 325 g/mol. The maximum absolute atomic E-state index is 12.6. The van der Waals surface area contributed by atoms with Crippen molar-refractivity contribution in [3.05, 3.63) is 35.4 Å². The van der Waals surface area contributed by atoms with Crippen LogP contribution in [0.25, 0.3) is 0 Å². The summed E-state index contributed by atoms with van der Waals surface area (Å²) in [6.45, 7) is 1.23. The summed E-state index contributed by atoms with van der Waals surface area (Å²) in [5.41, 5.74) is 4.05. The van der Waals surface area contributed by atoms with Crippen LogP contribution >= 0.6 is 12.4 Å². The van der Waals surface area contributed by atoms with Gasteiger partial charge in [-0.15, -0.1) is 12.4 Å². The Morgan fingerprint density at radius 2 is 2.00 bits per heavy atom. The van der Waals surface area contributed by atoms with Crippen molar-refractivity contribution in [2.45, 2.75) is 37.9 Å². The first kappa shape index (κ1) is 16.7. The number of amides is 2. The molecule has 3 N–H and O–H groups in total. The van der Waals surface area contributed by atoms with Gasteiger partial charge in [0.15, 0.2) is 0 Å². The van der Waals surface area contributed by atoms with Crippen LogP contribution in [0.2, 0.25) is 0 Å². The highest BCUT2D eigenvalue weighted by molar-refractivity contribution is 5.90. The second kappa shape index (κ2) is 7.09. The lowest BCUT2D eigenvalue weighted by Crippen LogP contribution is -2.53. The van der Waals surface area contributed by atoms with Gasteiger partial charge in [-0.3, -0.25) is 14.8 Å². The maximum Gasteiger partial charge on any atom is 0.266 e. The number of fused-ring (bicyclic) bond motifs is 1. The first-order valence-electron chi connectivity index (χ1n) is 7.25. The maximum atomic E-state index is 12.6. The topological polar surface area (TPSA) is 81.7 Å². The van der Waals surface area contributed by atoms with E-state index in [1.165, 1.54) is 11.1 Å². The normalized spacial score (nSPS) is 23.4. The smallest absolute Gasteiger partial charge is 0.266 e. The zero-order valence-electron chi connectivity index (χ0n) is 12.1. The molecule has 0 aromatic heterocycles. The molecule has 3 rings (SSSR count). The lowest BCUT2D eigenvalue weighted by molar-refractivity contribution is -0.143. The second-order valence-corrected chi connectivity index (χ2v) is 5.57. The summed E-state index contributed by atoms with van der Waals surface area (Å²) in [5, 5.41) is 12.0. The minimum Gasteiger partial charge on any atom is -0.329 e. The van der Waals surface area contributed by atoms with Gasteiger partial charge in [0.2, 0.25) is 5.91 Å². The molecule has 2 heterocycles. The van der Waals surface area contributed by atoms with E-state index in [1.54, 1.807) is 10.4 Å². The van der Waals surface area contributed by atoms with E-state index in [2.05, 4.69) is 11.4 Å². The molecule has 0 unspecified atom stereocenters. The highest BCUT2D eigenvalue weighted by Crippen LogP contribution is 2.22. The summed E-state index contributed by atoms with van der Waals surface area (Å²) < 4.78 is 0. The molecule has 7 heteroatoms. The molecule has 1 aromatic carbocycles. The van der Waals surface area contributed by atoms with Gasteiger partial charge in [0, 0.05) is 13.1 Å². The van der Waals surface area contributed by atoms with Gasteiger partial charge >= 0.3 is 0 Å². The predicted molar refractivity (Wildman–Crippen MR) is 82.7 cm³/mol. The van der Waals surface area contributed by atoms with Crippen LogP contribution in [0.1, 0.15) is 24.0 Å². The van der Waals surface area contributed by atoms with Crippen LogP contribution in [0.3, 0.4) is 0 Å². The van der Waals surface area contributed by atoms with Gasteiger partial charge < -0.3 is 10.2 Å². The molecular weight excluding hydrogens is 306 g/mol. The summed E-state index contributed by atoms with van der Waals surface area (Å²) in [6.07, 6.45) is 2.02. The Morgan fingerprint density at radius 3 is 2.73 bits per heavy atom. The Morgan fingerprint density at radius 1 is 1.27 bits per heavy atom. The van der Waals surface area contributed by atoms with Crippen molar-refractivity contribution >= 4 is 24.2 Å². The standard InChI is InChI=1S/C15H19N3O3.ClH/c19-14(17-21)13-6-3-7-18(13)15(20)12-8-10-4-1-2-5-11(10)9-16-12;/h1-2,4-5,12-13,16,21H,3,6-9H2,(H,17,19);1H/t12-,13-;/m0./s1. The predicted octanol–water partition coefficient (Wildman–Crippen LogP) is 0.619. The largest absolute Gasteiger partial charge is 0.329 e. The van der Waals surface area contributed by atoms with Crippen molar-refractivity contribution in [1.29, 1.82) is 0 Å². The van der Waals surface area contributed by atoms with Gasteiger partial charge in [-0.05, 0) is 30.4 Å². The quantitative estimate of drug-likeness (QED) is 0.550. The Hall–Kier alpha value is -1.63. The van der Waals surface area contributed by atoms with E-state index >= 15 is 0 Å². The summed E-state index contributed by atoms with van der Waals surface area (Å²) in [4.78, 5) is 25.9. The van der Waals surface area contributed by atoms with Crippen LogP contribution in [-0.2, 0) is 22.6 Å². The fraction of sp³-hybridized carbons (Fsp3) is 0.467. The van der Waals surface area contributed by atoms with E-state index < -0.39 is 11.9 Å². The lowest BCUT2D eigenvalue weighted by atomic mass is 9.95. The Balaban J connectivity index is 0.00000176. The molecule has 0 spiro atoms. The van der Waals surface area contributed by atoms with Gasteiger partial charge in [-0.25, -0.2) is 5.48 Å². The van der Waals surface area contributed by atoms with Crippen molar-refractivity contribution in [1.82, 2.24) is 15.7 Å². The van der Waals surface area contributed by atoms with Crippen molar-refractivity contribution in [2.24, 2.45) is 0 Å². The minimum atomic E-state index is -0.554. The first-order chi connectivity index (χ1) is 10.2. The van der Waals surface area contributed by atoms with Gasteiger partial charge in [0.1, 0.15) is 6.04 Å². The van der Waals surface area contributed by atoms with E-state index in [0.717, 1.165) is 6.42 Å². The molecule has 6 nitrogen and oxygen atoms in total. The number of benzene rings is 1. The summed E-state index contributed by atoms with van der Waals surface area (Å²) in [5.74, 6) is -0.562. The Labute approximate surface area is 135 Å². The molecule has 2 amide bonds. The molecule has 1 saturated heterocycles. The number of carbonyl (C=O) groups is 2. The fourth-order valence-electron chi connectivity index (χ4n) is 3.21. The number of hydroxylamine groups is 1. The third-order valence-electron chi connectivity index (χ3n) is 4.33. The third-order valence-corrected chi connectivity index (χ3v) is 4.33. The summed E-state index contributed by atoms with van der Waals surface area (Å²) >= 11 is 0.